The Labute approximate surface area is 136 Å². The Balaban J connectivity index is 1.59. The normalized spacial score (nSPS) is 11.0. The lowest BCUT2D eigenvalue weighted by atomic mass is 10.3. The minimum absolute atomic E-state index is 0.0343. The van der Waals surface area contributed by atoms with Crippen LogP contribution in [0.1, 0.15) is 18.4 Å². The molecule has 0 aliphatic rings. The Kier molecular flexibility index (Phi) is 4.40. The molecule has 0 bridgehead atoms. The number of aryl methyl sites for hydroxylation is 2. The molecule has 1 N–H and O–H groups in total. The van der Waals surface area contributed by atoms with Crippen molar-refractivity contribution in [1.82, 2.24) is 14.8 Å². The van der Waals surface area contributed by atoms with Crippen LogP contribution in [0.5, 0.6) is 0 Å². The Morgan fingerprint density at radius 1 is 1.45 bits per heavy atom. The Hall–Kier alpha value is -1.92. The summed E-state index contributed by atoms with van der Waals surface area (Å²) in [5, 5.41) is 8.58. The molecule has 1 aromatic carbocycles. The number of fused-ring (bicyclic) bond motifs is 1. The number of carbonyl (C=O) groups is 1. The molecule has 22 heavy (non-hydrogen) atoms. The molecule has 0 saturated carbocycles. The van der Waals surface area contributed by atoms with Crippen molar-refractivity contribution in [2.75, 3.05) is 5.32 Å². The van der Waals surface area contributed by atoms with Gasteiger partial charge in [0, 0.05) is 30.6 Å². The molecular formula is C15H15ClN4OS. The number of carbonyl (C=O) groups excluding carboxylic acids is 1. The van der Waals surface area contributed by atoms with Crippen molar-refractivity contribution in [3.05, 3.63) is 40.6 Å². The summed E-state index contributed by atoms with van der Waals surface area (Å²) in [6.07, 6.45) is 4.48. The SMILES string of the molecule is CCn1cc(NC(=O)CCc2nc3cc(Cl)ccc3s2)cn1. The van der Waals surface area contributed by atoms with Gasteiger partial charge in [-0.05, 0) is 25.1 Å². The number of nitrogens with zero attached hydrogens (tertiary/aromatic N) is 3. The molecule has 0 aliphatic heterocycles. The van der Waals surface area contributed by atoms with Gasteiger partial charge in [0.1, 0.15) is 0 Å². The maximum Gasteiger partial charge on any atom is 0.224 e. The molecule has 0 saturated heterocycles. The summed E-state index contributed by atoms with van der Waals surface area (Å²) in [5.74, 6) is -0.0343. The fourth-order valence-electron chi connectivity index (χ4n) is 2.10. The molecular weight excluding hydrogens is 320 g/mol. The Morgan fingerprint density at radius 2 is 2.32 bits per heavy atom. The second kappa shape index (κ2) is 6.46. The second-order valence-corrected chi connectivity index (χ2v) is 6.40. The van der Waals surface area contributed by atoms with Gasteiger partial charge in [-0.1, -0.05) is 11.6 Å². The highest BCUT2D eigenvalue weighted by molar-refractivity contribution is 7.18. The summed E-state index contributed by atoms with van der Waals surface area (Å²) >= 11 is 7.55. The molecule has 5 nitrogen and oxygen atoms in total. The number of aromatic nitrogens is 3. The van der Waals surface area contributed by atoms with Crippen molar-refractivity contribution in [1.29, 1.82) is 0 Å². The largest absolute Gasteiger partial charge is 0.323 e. The van der Waals surface area contributed by atoms with E-state index < -0.39 is 0 Å². The molecule has 3 rings (SSSR count). The van der Waals surface area contributed by atoms with Crippen molar-refractivity contribution in [3.8, 4) is 0 Å². The molecule has 0 radical (unpaired) electrons. The van der Waals surface area contributed by atoms with Gasteiger partial charge in [-0.15, -0.1) is 11.3 Å². The third-order valence-electron chi connectivity index (χ3n) is 3.20. The molecule has 0 spiro atoms. The molecule has 2 aromatic heterocycles. The second-order valence-electron chi connectivity index (χ2n) is 4.85. The predicted octanol–water partition coefficient (Wildman–Crippen LogP) is 3.74. The van der Waals surface area contributed by atoms with Gasteiger partial charge in [-0.25, -0.2) is 4.98 Å². The first-order chi connectivity index (χ1) is 10.6. The van der Waals surface area contributed by atoms with Gasteiger partial charge >= 0.3 is 0 Å². The lowest BCUT2D eigenvalue weighted by Gasteiger charge is -2.00. The third kappa shape index (κ3) is 3.45. The van der Waals surface area contributed by atoms with E-state index in [9.17, 15) is 4.79 Å². The van der Waals surface area contributed by atoms with E-state index >= 15 is 0 Å². The summed E-state index contributed by atoms with van der Waals surface area (Å²) in [7, 11) is 0. The van der Waals surface area contributed by atoms with Crippen LogP contribution in [-0.4, -0.2) is 20.7 Å². The molecule has 0 aliphatic carbocycles. The maximum absolute atomic E-state index is 12.0. The molecule has 2 heterocycles. The maximum atomic E-state index is 12.0. The van der Waals surface area contributed by atoms with E-state index in [1.165, 1.54) is 0 Å². The van der Waals surface area contributed by atoms with Crippen LogP contribution in [0.2, 0.25) is 5.02 Å². The average molecular weight is 335 g/mol. The van der Waals surface area contributed by atoms with Crippen LogP contribution >= 0.6 is 22.9 Å². The van der Waals surface area contributed by atoms with Crippen LogP contribution in [0.15, 0.2) is 30.6 Å². The van der Waals surface area contributed by atoms with Gasteiger partial charge in [-0.3, -0.25) is 9.48 Å². The number of thiazole rings is 1. The van der Waals surface area contributed by atoms with Gasteiger partial charge < -0.3 is 5.32 Å². The number of amides is 1. The minimum Gasteiger partial charge on any atom is -0.323 e. The molecule has 0 atom stereocenters. The molecule has 0 unspecified atom stereocenters. The number of halogens is 1. The fraction of sp³-hybridized carbons (Fsp3) is 0.267. The predicted molar refractivity (Wildman–Crippen MR) is 89.5 cm³/mol. The van der Waals surface area contributed by atoms with Crippen molar-refractivity contribution < 1.29 is 4.79 Å². The minimum atomic E-state index is -0.0343. The zero-order valence-electron chi connectivity index (χ0n) is 12.0. The van der Waals surface area contributed by atoms with Crippen molar-refractivity contribution in [2.24, 2.45) is 0 Å². The highest BCUT2D eigenvalue weighted by Gasteiger charge is 2.08. The number of rotatable bonds is 5. The summed E-state index contributed by atoms with van der Waals surface area (Å²) in [5.41, 5.74) is 1.61. The van der Waals surface area contributed by atoms with Crippen LogP contribution in [0, 0.1) is 0 Å². The smallest absolute Gasteiger partial charge is 0.224 e. The van der Waals surface area contributed by atoms with E-state index in [4.69, 9.17) is 11.6 Å². The van der Waals surface area contributed by atoms with E-state index in [1.807, 2.05) is 31.3 Å². The van der Waals surface area contributed by atoms with Gasteiger partial charge in [0.25, 0.3) is 0 Å². The lowest BCUT2D eigenvalue weighted by Crippen LogP contribution is -2.11. The van der Waals surface area contributed by atoms with Crippen LogP contribution in [0.3, 0.4) is 0 Å². The first-order valence-electron chi connectivity index (χ1n) is 7.01. The van der Waals surface area contributed by atoms with Crippen LogP contribution in [0.25, 0.3) is 10.2 Å². The Morgan fingerprint density at radius 3 is 3.09 bits per heavy atom. The van der Waals surface area contributed by atoms with Crippen molar-refractivity contribution in [3.63, 3.8) is 0 Å². The number of benzene rings is 1. The van der Waals surface area contributed by atoms with Gasteiger partial charge in [0.2, 0.25) is 5.91 Å². The summed E-state index contributed by atoms with van der Waals surface area (Å²) in [4.78, 5) is 16.5. The molecule has 0 fully saturated rings. The monoisotopic (exact) mass is 334 g/mol. The number of anilines is 1. The van der Waals surface area contributed by atoms with E-state index in [0.29, 0.717) is 17.9 Å². The summed E-state index contributed by atoms with van der Waals surface area (Å²) in [6, 6.07) is 5.65. The van der Waals surface area contributed by atoms with Crippen LogP contribution < -0.4 is 5.32 Å². The third-order valence-corrected chi connectivity index (χ3v) is 4.53. The van der Waals surface area contributed by atoms with E-state index in [1.54, 1.807) is 22.2 Å². The van der Waals surface area contributed by atoms with Crippen molar-refractivity contribution >= 4 is 44.7 Å². The van der Waals surface area contributed by atoms with Crippen LogP contribution in [-0.2, 0) is 17.8 Å². The zero-order chi connectivity index (χ0) is 15.5. The van der Waals surface area contributed by atoms with E-state index in [2.05, 4.69) is 15.4 Å². The van der Waals surface area contributed by atoms with Gasteiger partial charge in [-0.2, -0.15) is 5.10 Å². The van der Waals surface area contributed by atoms with Crippen molar-refractivity contribution in [2.45, 2.75) is 26.3 Å². The van der Waals surface area contributed by atoms with E-state index in [-0.39, 0.29) is 5.91 Å². The van der Waals surface area contributed by atoms with Gasteiger partial charge in [0.05, 0.1) is 27.1 Å². The first kappa shape index (κ1) is 15.0. The van der Waals surface area contributed by atoms with E-state index in [0.717, 1.165) is 27.5 Å². The quantitative estimate of drug-likeness (QED) is 0.773. The van der Waals surface area contributed by atoms with Crippen LogP contribution in [0.4, 0.5) is 5.69 Å². The summed E-state index contributed by atoms with van der Waals surface area (Å²) in [6.45, 7) is 2.78. The molecule has 3 aromatic rings. The number of nitrogens with one attached hydrogen (secondary N) is 1. The molecule has 114 valence electrons. The highest BCUT2D eigenvalue weighted by atomic mass is 35.5. The topological polar surface area (TPSA) is 59.8 Å². The zero-order valence-corrected chi connectivity index (χ0v) is 13.6. The number of hydrogen-bond acceptors (Lipinski definition) is 4. The van der Waals surface area contributed by atoms with Gasteiger partial charge in [0.15, 0.2) is 0 Å². The average Bonchev–Trinajstić information content (AvgIpc) is 3.10. The number of hydrogen-bond donors (Lipinski definition) is 1. The lowest BCUT2D eigenvalue weighted by molar-refractivity contribution is -0.116. The highest BCUT2D eigenvalue weighted by Crippen LogP contribution is 2.25. The summed E-state index contributed by atoms with van der Waals surface area (Å²) < 4.78 is 2.86. The molecule has 1 amide bonds. The first-order valence-corrected chi connectivity index (χ1v) is 8.21. The molecule has 7 heteroatoms. The fourth-order valence-corrected chi connectivity index (χ4v) is 3.21. The standard InChI is InChI=1S/C15H15ClN4OS/c1-2-20-9-11(8-17-20)18-14(21)5-6-15-19-12-7-10(16)3-4-13(12)22-15/h3-4,7-9H,2,5-6H2,1H3,(H,18,21). The Bertz CT molecular complexity index is 811.